The van der Waals surface area contributed by atoms with E-state index in [9.17, 15) is 0 Å². The van der Waals surface area contributed by atoms with E-state index < -0.39 is 0 Å². The minimum absolute atomic E-state index is 0.0899. The fraction of sp³-hybridized carbons (Fsp3) is 0.250. The van der Waals surface area contributed by atoms with E-state index in [2.05, 4.69) is 36.8 Å². The standard InChI is InChI=1S/C16H18N4/c1-16(2,3)20-10-19-14(15(20)17)13-9-18-8-11-6-4-5-7-12(11)13/h4-10H,17H2,1-3H3. The van der Waals surface area contributed by atoms with Gasteiger partial charge in [-0.3, -0.25) is 4.98 Å². The Morgan fingerprint density at radius 2 is 1.85 bits per heavy atom. The van der Waals surface area contributed by atoms with Gasteiger partial charge >= 0.3 is 0 Å². The molecule has 0 amide bonds. The smallest absolute Gasteiger partial charge is 0.132 e. The van der Waals surface area contributed by atoms with Crippen LogP contribution in [0.1, 0.15) is 20.8 Å². The summed E-state index contributed by atoms with van der Waals surface area (Å²) in [5.41, 5.74) is 7.97. The minimum Gasteiger partial charge on any atom is -0.383 e. The van der Waals surface area contributed by atoms with Gasteiger partial charge in [0.15, 0.2) is 0 Å². The second-order valence-electron chi connectivity index (χ2n) is 5.93. The number of hydrogen-bond donors (Lipinski definition) is 1. The first-order valence-electron chi connectivity index (χ1n) is 6.65. The molecule has 0 aliphatic heterocycles. The molecule has 4 heteroatoms. The average molecular weight is 266 g/mol. The molecule has 3 rings (SSSR count). The van der Waals surface area contributed by atoms with Crippen molar-refractivity contribution < 1.29 is 0 Å². The van der Waals surface area contributed by atoms with Gasteiger partial charge < -0.3 is 10.3 Å². The molecule has 2 aromatic heterocycles. The van der Waals surface area contributed by atoms with Gasteiger partial charge in [0.25, 0.3) is 0 Å². The molecule has 2 heterocycles. The van der Waals surface area contributed by atoms with E-state index in [1.54, 1.807) is 6.33 Å². The highest BCUT2D eigenvalue weighted by atomic mass is 15.2. The normalized spacial score (nSPS) is 11.9. The summed E-state index contributed by atoms with van der Waals surface area (Å²) in [4.78, 5) is 8.80. The van der Waals surface area contributed by atoms with Gasteiger partial charge in [0, 0.05) is 28.9 Å². The predicted molar refractivity (Wildman–Crippen MR) is 82.4 cm³/mol. The SMILES string of the molecule is CC(C)(C)n1cnc(-c2cncc3ccccc23)c1N. The fourth-order valence-corrected chi connectivity index (χ4v) is 2.41. The first kappa shape index (κ1) is 12.7. The van der Waals surface area contributed by atoms with E-state index in [1.165, 1.54) is 0 Å². The molecular weight excluding hydrogens is 248 g/mol. The lowest BCUT2D eigenvalue weighted by Gasteiger charge is -2.22. The quantitative estimate of drug-likeness (QED) is 0.734. The monoisotopic (exact) mass is 266 g/mol. The van der Waals surface area contributed by atoms with Crippen LogP contribution in [0.25, 0.3) is 22.0 Å². The Kier molecular flexibility index (Phi) is 2.74. The Morgan fingerprint density at radius 3 is 2.55 bits per heavy atom. The zero-order chi connectivity index (χ0) is 14.3. The van der Waals surface area contributed by atoms with Crippen LogP contribution in [0.2, 0.25) is 0 Å². The fourth-order valence-electron chi connectivity index (χ4n) is 2.41. The highest BCUT2D eigenvalue weighted by Gasteiger charge is 2.20. The van der Waals surface area contributed by atoms with Gasteiger partial charge in [-0.25, -0.2) is 4.98 Å². The molecule has 4 nitrogen and oxygen atoms in total. The first-order chi connectivity index (χ1) is 9.48. The lowest BCUT2D eigenvalue weighted by Crippen LogP contribution is -2.22. The minimum atomic E-state index is -0.0899. The largest absolute Gasteiger partial charge is 0.383 e. The maximum Gasteiger partial charge on any atom is 0.132 e. The summed E-state index contributed by atoms with van der Waals surface area (Å²) in [5.74, 6) is 0.677. The van der Waals surface area contributed by atoms with E-state index in [0.717, 1.165) is 22.0 Å². The van der Waals surface area contributed by atoms with Crippen molar-refractivity contribution >= 4 is 16.6 Å². The van der Waals surface area contributed by atoms with Crippen LogP contribution in [0, 0.1) is 0 Å². The van der Waals surface area contributed by atoms with Crippen molar-refractivity contribution in [3.63, 3.8) is 0 Å². The Balaban J connectivity index is 2.25. The summed E-state index contributed by atoms with van der Waals surface area (Å²) in [5, 5.41) is 2.21. The number of aromatic nitrogens is 3. The topological polar surface area (TPSA) is 56.7 Å². The summed E-state index contributed by atoms with van der Waals surface area (Å²) in [6, 6.07) is 8.14. The van der Waals surface area contributed by atoms with Gasteiger partial charge in [-0.05, 0) is 26.2 Å². The number of fused-ring (bicyclic) bond motifs is 1. The Bertz CT molecular complexity index is 760. The number of hydrogen-bond acceptors (Lipinski definition) is 3. The van der Waals surface area contributed by atoms with Crippen LogP contribution in [0.5, 0.6) is 0 Å². The van der Waals surface area contributed by atoms with Crippen LogP contribution in [0.4, 0.5) is 5.82 Å². The number of benzene rings is 1. The Morgan fingerprint density at radius 1 is 1.10 bits per heavy atom. The summed E-state index contributed by atoms with van der Waals surface area (Å²) in [6.45, 7) is 6.32. The highest BCUT2D eigenvalue weighted by Crippen LogP contribution is 2.32. The first-order valence-corrected chi connectivity index (χ1v) is 6.65. The molecule has 0 fully saturated rings. The molecule has 0 saturated heterocycles. The molecular formula is C16H18N4. The molecule has 0 spiro atoms. The summed E-state index contributed by atoms with van der Waals surface area (Å²) >= 11 is 0. The number of rotatable bonds is 1. The van der Waals surface area contributed by atoms with Gasteiger partial charge in [-0.1, -0.05) is 24.3 Å². The molecule has 0 aliphatic carbocycles. The van der Waals surface area contributed by atoms with Gasteiger partial charge in [0.1, 0.15) is 11.5 Å². The zero-order valence-electron chi connectivity index (χ0n) is 12.0. The molecule has 0 bridgehead atoms. The average Bonchev–Trinajstić information content (AvgIpc) is 2.80. The lowest BCUT2D eigenvalue weighted by atomic mass is 10.0. The third-order valence-electron chi connectivity index (χ3n) is 3.45. The lowest BCUT2D eigenvalue weighted by molar-refractivity contribution is 0.402. The summed E-state index contributed by atoms with van der Waals surface area (Å²) in [6.07, 6.45) is 5.48. The summed E-state index contributed by atoms with van der Waals surface area (Å²) in [7, 11) is 0. The van der Waals surface area contributed by atoms with Crippen molar-refractivity contribution in [3.8, 4) is 11.3 Å². The molecule has 0 aliphatic rings. The van der Waals surface area contributed by atoms with Crippen molar-refractivity contribution in [2.75, 3.05) is 5.73 Å². The molecule has 0 saturated carbocycles. The van der Waals surface area contributed by atoms with Gasteiger partial charge in [-0.2, -0.15) is 0 Å². The molecule has 2 N–H and O–H groups in total. The number of nitrogens with two attached hydrogens (primary N) is 1. The predicted octanol–water partition coefficient (Wildman–Crippen LogP) is 3.44. The van der Waals surface area contributed by atoms with Crippen molar-refractivity contribution in [1.29, 1.82) is 0 Å². The maximum atomic E-state index is 6.29. The molecule has 102 valence electrons. The second kappa shape index (κ2) is 4.34. The van der Waals surface area contributed by atoms with E-state index in [1.807, 2.05) is 35.2 Å². The number of nitrogen functional groups attached to an aromatic ring is 1. The Labute approximate surface area is 118 Å². The molecule has 0 radical (unpaired) electrons. The van der Waals surface area contributed by atoms with Crippen LogP contribution in [-0.2, 0) is 5.54 Å². The van der Waals surface area contributed by atoms with E-state index in [4.69, 9.17) is 5.73 Å². The number of nitrogens with zero attached hydrogens (tertiary/aromatic N) is 3. The van der Waals surface area contributed by atoms with Gasteiger partial charge in [-0.15, -0.1) is 0 Å². The Hall–Kier alpha value is -2.36. The molecule has 20 heavy (non-hydrogen) atoms. The van der Waals surface area contributed by atoms with E-state index >= 15 is 0 Å². The van der Waals surface area contributed by atoms with Crippen molar-refractivity contribution in [2.24, 2.45) is 0 Å². The van der Waals surface area contributed by atoms with E-state index in [0.29, 0.717) is 5.82 Å². The molecule has 0 unspecified atom stereocenters. The molecule has 3 aromatic rings. The van der Waals surface area contributed by atoms with Crippen molar-refractivity contribution in [2.45, 2.75) is 26.3 Å². The van der Waals surface area contributed by atoms with Gasteiger partial charge in [0.2, 0.25) is 0 Å². The van der Waals surface area contributed by atoms with Crippen molar-refractivity contribution in [3.05, 3.63) is 43.0 Å². The van der Waals surface area contributed by atoms with Crippen LogP contribution in [0.15, 0.2) is 43.0 Å². The number of pyridine rings is 1. The second-order valence-corrected chi connectivity index (χ2v) is 5.93. The van der Waals surface area contributed by atoms with Crippen molar-refractivity contribution in [1.82, 2.24) is 14.5 Å². The third-order valence-corrected chi connectivity index (χ3v) is 3.45. The third kappa shape index (κ3) is 1.93. The highest BCUT2D eigenvalue weighted by molar-refractivity contribution is 5.96. The molecule has 1 aromatic carbocycles. The molecule has 0 atom stereocenters. The van der Waals surface area contributed by atoms with Gasteiger partial charge in [0.05, 0.1) is 6.33 Å². The van der Waals surface area contributed by atoms with Crippen LogP contribution >= 0.6 is 0 Å². The maximum absolute atomic E-state index is 6.29. The van der Waals surface area contributed by atoms with E-state index in [-0.39, 0.29) is 5.54 Å². The number of anilines is 1. The van der Waals surface area contributed by atoms with Crippen LogP contribution in [-0.4, -0.2) is 14.5 Å². The van der Waals surface area contributed by atoms with Crippen LogP contribution < -0.4 is 5.73 Å². The van der Waals surface area contributed by atoms with Crippen LogP contribution in [0.3, 0.4) is 0 Å². The number of imidazole rings is 1. The zero-order valence-corrected chi connectivity index (χ0v) is 12.0. The summed E-state index contributed by atoms with van der Waals surface area (Å²) < 4.78 is 1.99.